The molecule has 1 N–H and O–H groups in total. The van der Waals surface area contributed by atoms with Crippen molar-refractivity contribution in [3.8, 4) is 0 Å². The molecule has 1 unspecified atom stereocenters. The molecule has 0 aliphatic carbocycles. The molecular formula is C12H14N4O. The number of hydrogen-bond donors (Lipinski definition) is 1. The molecule has 17 heavy (non-hydrogen) atoms. The van der Waals surface area contributed by atoms with Crippen molar-refractivity contribution < 1.29 is 0 Å². The second kappa shape index (κ2) is 4.25. The summed E-state index contributed by atoms with van der Waals surface area (Å²) >= 11 is 0. The molecule has 3 rings (SSSR count). The third-order valence-electron chi connectivity index (χ3n) is 3.21. The van der Waals surface area contributed by atoms with Crippen LogP contribution in [0.1, 0.15) is 12.8 Å². The van der Waals surface area contributed by atoms with Crippen LogP contribution in [0, 0.1) is 0 Å². The van der Waals surface area contributed by atoms with Crippen molar-refractivity contribution in [1.82, 2.24) is 20.1 Å². The van der Waals surface area contributed by atoms with Crippen LogP contribution in [0.3, 0.4) is 0 Å². The Bertz CT molecular complexity index is 586. The second-order valence-electron chi connectivity index (χ2n) is 4.39. The molecule has 0 bridgehead atoms. The molecule has 2 aromatic rings. The monoisotopic (exact) mass is 230 g/mol. The number of aromatic nitrogens is 3. The van der Waals surface area contributed by atoms with Crippen LogP contribution < -0.4 is 10.9 Å². The first-order valence-electron chi connectivity index (χ1n) is 5.88. The summed E-state index contributed by atoms with van der Waals surface area (Å²) in [5.41, 5.74) is -0.0516. The average molecular weight is 230 g/mol. The zero-order valence-corrected chi connectivity index (χ0v) is 9.47. The fraction of sp³-hybridized carbons (Fsp3) is 0.417. The molecule has 1 saturated heterocycles. The van der Waals surface area contributed by atoms with Gasteiger partial charge in [-0.15, -0.1) is 0 Å². The summed E-state index contributed by atoms with van der Waals surface area (Å²) in [5.74, 6) is 0. The van der Waals surface area contributed by atoms with E-state index in [4.69, 9.17) is 0 Å². The smallest absolute Gasteiger partial charge is 0.276 e. The third kappa shape index (κ3) is 1.93. The zero-order chi connectivity index (χ0) is 11.7. The Morgan fingerprint density at radius 1 is 1.47 bits per heavy atom. The number of nitrogens with one attached hydrogen (secondary N) is 1. The SMILES string of the molecule is O=c1c2cnccc2cnn1CC1CCCN1. The number of fused-ring (bicyclic) bond motifs is 1. The van der Waals surface area contributed by atoms with Gasteiger partial charge in [0.05, 0.1) is 18.1 Å². The predicted octanol–water partition coefficient (Wildman–Crippen LogP) is 0.543. The Morgan fingerprint density at radius 3 is 3.24 bits per heavy atom. The Hall–Kier alpha value is -1.75. The Labute approximate surface area is 98.5 Å². The fourth-order valence-electron chi connectivity index (χ4n) is 2.27. The minimum Gasteiger partial charge on any atom is -0.312 e. The van der Waals surface area contributed by atoms with Crippen molar-refractivity contribution in [1.29, 1.82) is 0 Å². The largest absolute Gasteiger partial charge is 0.312 e. The van der Waals surface area contributed by atoms with Crippen LogP contribution in [0.5, 0.6) is 0 Å². The van der Waals surface area contributed by atoms with Gasteiger partial charge in [-0.05, 0) is 25.5 Å². The lowest BCUT2D eigenvalue weighted by molar-refractivity contribution is 0.462. The first-order valence-corrected chi connectivity index (χ1v) is 5.88. The van der Waals surface area contributed by atoms with Crippen molar-refractivity contribution >= 4 is 10.8 Å². The molecule has 1 atom stereocenters. The maximum absolute atomic E-state index is 12.1. The summed E-state index contributed by atoms with van der Waals surface area (Å²) in [5, 5.41) is 9.06. The molecule has 0 aromatic carbocycles. The lowest BCUT2D eigenvalue weighted by atomic mass is 10.2. The minimum atomic E-state index is -0.0516. The molecule has 0 saturated carbocycles. The highest BCUT2D eigenvalue weighted by Crippen LogP contribution is 2.08. The Kier molecular flexibility index (Phi) is 2.60. The van der Waals surface area contributed by atoms with Gasteiger partial charge >= 0.3 is 0 Å². The minimum absolute atomic E-state index is 0.0516. The van der Waals surface area contributed by atoms with E-state index in [0.29, 0.717) is 18.0 Å². The summed E-state index contributed by atoms with van der Waals surface area (Å²) in [7, 11) is 0. The molecule has 2 aromatic heterocycles. The lowest BCUT2D eigenvalue weighted by Crippen LogP contribution is -2.33. The maximum atomic E-state index is 12.1. The van der Waals surface area contributed by atoms with Crippen molar-refractivity contribution in [2.24, 2.45) is 0 Å². The Balaban J connectivity index is 1.99. The van der Waals surface area contributed by atoms with E-state index in [1.54, 1.807) is 18.6 Å². The summed E-state index contributed by atoms with van der Waals surface area (Å²) in [6, 6.07) is 2.18. The number of nitrogens with zero attached hydrogens (tertiary/aromatic N) is 3. The van der Waals surface area contributed by atoms with Crippen LogP contribution in [0.4, 0.5) is 0 Å². The zero-order valence-electron chi connectivity index (χ0n) is 9.47. The van der Waals surface area contributed by atoms with Gasteiger partial charge in [-0.2, -0.15) is 5.10 Å². The molecule has 88 valence electrons. The van der Waals surface area contributed by atoms with Crippen molar-refractivity contribution in [2.75, 3.05) is 6.54 Å². The van der Waals surface area contributed by atoms with Crippen molar-refractivity contribution in [3.05, 3.63) is 35.0 Å². The van der Waals surface area contributed by atoms with E-state index in [9.17, 15) is 4.79 Å². The molecule has 1 fully saturated rings. The van der Waals surface area contributed by atoms with E-state index in [1.807, 2.05) is 6.07 Å². The van der Waals surface area contributed by atoms with E-state index in [2.05, 4.69) is 15.4 Å². The molecule has 0 amide bonds. The molecule has 1 aliphatic rings. The van der Waals surface area contributed by atoms with E-state index < -0.39 is 0 Å². The topological polar surface area (TPSA) is 59.8 Å². The highest BCUT2D eigenvalue weighted by atomic mass is 16.1. The van der Waals surface area contributed by atoms with E-state index >= 15 is 0 Å². The summed E-state index contributed by atoms with van der Waals surface area (Å²) in [6.45, 7) is 1.68. The summed E-state index contributed by atoms with van der Waals surface area (Å²) in [6.07, 6.45) is 7.30. The Morgan fingerprint density at radius 2 is 2.41 bits per heavy atom. The lowest BCUT2D eigenvalue weighted by Gasteiger charge is -2.11. The molecule has 0 radical (unpaired) electrons. The van der Waals surface area contributed by atoms with Crippen LogP contribution in [-0.2, 0) is 6.54 Å². The molecule has 5 nitrogen and oxygen atoms in total. The number of pyridine rings is 1. The highest BCUT2D eigenvalue weighted by Gasteiger charge is 2.16. The average Bonchev–Trinajstić information content (AvgIpc) is 2.86. The molecule has 0 spiro atoms. The maximum Gasteiger partial charge on any atom is 0.276 e. The van der Waals surface area contributed by atoms with E-state index in [0.717, 1.165) is 18.4 Å². The highest BCUT2D eigenvalue weighted by molar-refractivity contribution is 5.79. The molecular weight excluding hydrogens is 216 g/mol. The van der Waals surface area contributed by atoms with Crippen LogP contribution >= 0.6 is 0 Å². The van der Waals surface area contributed by atoms with Gasteiger partial charge in [-0.1, -0.05) is 0 Å². The third-order valence-corrected chi connectivity index (χ3v) is 3.21. The molecule has 3 heterocycles. The number of rotatable bonds is 2. The van der Waals surface area contributed by atoms with Gasteiger partial charge in [0.2, 0.25) is 0 Å². The molecule has 1 aliphatic heterocycles. The van der Waals surface area contributed by atoms with E-state index in [-0.39, 0.29) is 5.56 Å². The van der Waals surface area contributed by atoms with Gasteiger partial charge in [-0.3, -0.25) is 9.78 Å². The quantitative estimate of drug-likeness (QED) is 0.818. The van der Waals surface area contributed by atoms with Crippen LogP contribution in [-0.4, -0.2) is 27.4 Å². The van der Waals surface area contributed by atoms with Crippen molar-refractivity contribution in [3.63, 3.8) is 0 Å². The number of hydrogen-bond acceptors (Lipinski definition) is 4. The van der Waals surface area contributed by atoms with Crippen LogP contribution in [0.2, 0.25) is 0 Å². The predicted molar refractivity (Wildman–Crippen MR) is 64.8 cm³/mol. The normalized spacial score (nSPS) is 19.9. The summed E-state index contributed by atoms with van der Waals surface area (Å²) < 4.78 is 1.53. The van der Waals surface area contributed by atoms with E-state index in [1.165, 1.54) is 11.1 Å². The van der Waals surface area contributed by atoms with Gasteiger partial charge in [-0.25, -0.2) is 4.68 Å². The van der Waals surface area contributed by atoms with Gasteiger partial charge < -0.3 is 5.32 Å². The standard InChI is InChI=1S/C12H14N4O/c17-12-11-7-13-5-3-9(11)6-15-16(12)8-10-2-1-4-14-10/h3,5-7,10,14H,1-2,4,8H2. The van der Waals surface area contributed by atoms with Gasteiger partial charge in [0.25, 0.3) is 5.56 Å². The molecule has 5 heteroatoms. The second-order valence-corrected chi connectivity index (χ2v) is 4.39. The van der Waals surface area contributed by atoms with Gasteiger partial charge in [0.15, 0.2) is 0 Å². The van der Waals surface area contributed by atoms with Crippen molar-refractivity contribution in [2.45, 2.75) is 25.4 Å². The van der Waals surface area contributed by atoms with Gasteiger partial charge in [0.1, 0.15) is 0 Å². The first kappa shape index (κ1) is 10.4. The first-order chi connectivity index (χ1) is 8.34. The fourth-order valence-corrected chi connectivity index (χ4v) is 2.27. The summed E-state index contributed by atoms with van der Waals surface area (Å²) in [4.78, 5) is 16.1. The van der Waals surface area contributed by atoms with Crippen LogP contribution in [0.25, 0.3) is 10.8 Å². The van der Waals surface area contributed by atoms with Gasteiger partial charge in [0, 0.05) is 23.8 Å². The van der Waals surface area contributed by atoms with Crippen LogP contribution in [0.15, 0.2) is 29.5 Å².